The van der Waals surface area contributed by atoms with Gasteiger partial charge in [-0.15, -0.1) is 11.3 Å². The van der Waals surface area contributed by atoms with Crippen molar-refractivity contribution in [3.63, 3.8) is 0 Å². The second-order valence-corrected chi connectivity index (χ2v) is 4.52. The van der Waals surface area contributed by atoms with Crippen molar-refractivity contribution in [1.82, 2.24) is 0 Å². The van der Waals surface area contributed by atoms with E-state index in [1.54, 1.807) is 17.4 Å². The van der Waals surface area contributed by atoms with Crippen LogP contribution in [0, 0.1) is 6.92 Å². The fourth-order valence-electron chi connectivity index (χ4n) is 1.52. The molecule has 3 nitrogen and oxygen atoms in total. The summed E-state index contributed by atoms with van der Waals surface area (Å²) in [7, 11) is -1.46. The molecule has 72 valence electrons. The molecule has 4 N–H and O–H groups in total. The molecule has 2 rings (SSSR count). The fourth-order valence-corrected chi connectivity index (χ4v) is 2.55. The van der Waals surface area contributed by atoms with E-state index < -0.39 is 7.12 Å². The molecule has 0 saturated heterocycles. The number of thiophene rings is 1. The number of anilines is 1. The standard InChI is InChI=1S/C9H10BNO2S/c1-5-2-6-3-7(11)4-8(10(12)13)9(6)14-5/h2-4,12-13H,11H2,1H3. The Labute approximate surface area is 85.9 Å². The molecule has 0 atom stereocenters. The van der Waals surface area contributed by atoms with Gasteiger partial charge in [0.15, 0.2) is 0 Å². The number of rotatable bonds is 1. The van der Waals surface area contributed by atoms with Gasteiger partial charge in [0, 0.05) is 20.7 Å². The Bertz CT molecular complexity index is 481. The van der Waals surface area contributed by atoms with Crippen molar-refractivity contribution in [2.75, 3.05) is 5.73 Å². The van der Waals surface area contributed by atoms with E-state index in [4.69, 9.17) is 15.8 Å². The van der Waals surface area contributed by atoms with Gasteiger partial charge in [-0.25, -0.2) is 0 Å². The van der Waals surface area contributed by atoms with E-state index in [0.29, 0.717) is 11.2 Å². The second-order valence-electron chi connectivity index (χ2n) is 3.26. The number of hydrogen-bond donors (Lipinski definition) is 3. The molecule has 0 radical (unpaired) electrons. The Morgan fingerprint density at radius 3 is 2.64 bits per heavy atom. The van der Waals surface area contributed by atoms with E-state index in [-0.39, 0.29) is 0 Å². The monoisotopic (exact) mass is 207 g/mol. The first-order chi connectivity index (χ1) is 6.58. The lowest BCUT2D eigenvalue weighted by molar-refractivity contribution is 0.426. The fraction of sp³-hybridized carbons (Fsp3) is 0.111. The topological polar surface area (TPSA) is 66.5 Å². The first-order valence-electron chi connectivity index (χ1n) is 4.23. The van der Waals surface area contributed by atoms with E-state index in [1.807, 2.05) is 19.1 Å². The summed E-state index contributed by atoms with van der Waals surface area (Å²) in [5.41, 5.74) is 6.69. The molecule has 0 aliphatic rings. The first-order valence-corrected chi connectivity index (χ1v) is 5.05. The Balaban J connectivity index is 2.79. The molecule has 5 heteroatoms. The smallest absolute Gasteiger partial charge is 0.423 e. The van der Waals surface area contributed by atoms with Crippen molar-refractivity contribution in [2.24, 2.45) is 0 Å². The van der Waals surface area contributed by atoms with Crippen LogP contribution in [0.25, 0.3) is 10.1 Å². The minimum absolute atomic E-state index is 0.484. The molecule has 0 spiro atoms. The van der Waals surface area contributed by atoms with E-state index in [1.165, 1.54) is 0 Å². The molecule has 0 aliphatic heterocycles. The molecular formula is C9H10BNO2S. The zero-order valence-corrected chi connectivity index (χ0v) is 8.51. The van der Waals surface area contributed by atoms with E-state index >= 15 is 0 Å². The summed E-state index contributed by atoms with van der Waals surface area (Å²) in [6.45, 7) is 1.98. The number of nitrogens with two attached hydrogens (primary N) is 1. The average Bonchev–Trinajstić information content (AvgIpc) is 2.42. The van der Waals surface area contributed by atoms with Gasteiger partial charge < -0.3 is 15.8 Å². The van der Waals surface area contributed by atoms with Gasteiger partial charge in [0.2, 0.25) is 0 Å². The van der Waals surface area contributed by atoms with Gasteiger partial charge in [0.1, 0.15) is 0 Å². The van der Waals surface area contributed by atoms with Gasteiger partial charge >= 0.3 is 7.12 Å². The van der Waals surface area contributed by atoms with Crippen LogP contribution in [0.4, 0.5) is 5.69 Å². The maximum Gasteiger partial charge on any atom is 0.489 e. The third kappa shape index (κ3) is 1.50. The number of benzene rings is 1. The number of nitrogen functional groups attached to an aromatic ring is 1. The number of hydrogen-bond acceptors (Lipinski definition) is 4. The third-order valence-electron chi connectivity index (χ3n) is 2.07. The van der Waals surface area contributed by atoms with Crippen LogP contribution in [0.3, 0.4) is 0 Å². The summed E-state index contributed by atoms with van der Waals surface area (Å²) in [5.74, 6) is 0. The quantitative estimate of drug-likeness (QED) is 0.470. The highest BCUT2D eigenvalue weighted by molar-refractivity contribution is 7.20. The molecule has 1 heterocycles. The van der Waals surface area contributed by atoms with Crippen LogP contribution < -0.4 is 11.2 Å². The van der Waals surface area contributed by atoms with E-state index in [0.717, 1.165) is 15.0 Å². The van der Waals surface area contributed by atoms with Crippen molar-refractivity contribution in [2.45, 2.75) is 6.92 Å². The van der Waals surface area contributed by atoms with Crippen LogP contribution in [-0.2, 0) is 0 Å². The zero-order valence-electron chi connectivity index (χ0n) is 7.69. The predicted molar refractivity (Wildman–Crippen MR) is 60.8 cm³/mol. The maximum absolute atomic E-state index is 9.16. The largest absolute Gasteiger partial charge is 0.489 e. The van der Waals surface area contributed by atoms with Crippen LogP contribution in [0.2, 0.25) is 0 Å². The highest BCUT2D eigenvalue weighted by Gasteiger charge is 2.16. The third-order valence-corrected chi connectivity index (χ3v) is 3.18. The second kappa shape index (κ2) is 3.27. The van der Waals surface area contributed by atoms with Gasteiger partial charge in [-0.1, -0.05) is 0 Å². The van der Waals surface area contributed by atoms with E-state index in [2.05, 4.69) is 0 Å². The van der Waals surface area contributed by atoms with Crippen molar-refractivity contribution < 1.29 is 10.0 Å². The minimum Gasteiger partial charge on any atom is -0.423 e. The maximum atomic E-state index is 9.16. The Morgan fingerprint density at radius 2 is 2.00 bits per heavy atom. The van der Waals surface area contributed by atoms with E-state index in [9.17, 15) is 0 Å². The molecule has 1 aromatic carbocycles. The lowest BCUT2D eigenvalue weighted by atomic mass is 9.79. The van der Waals surface area contributed by atoms with Crippen LogP contribution >= 0.6 is 11.3 Å². The van der Waals surface area contributed by atoms with Gasteiger partial charge in [-0.05, 0) is 30.5 Å². The molecule has 0 saturated carbocycles. The number of fused-ring (bicyclic) bond motifs is 1. The Kier molecular flexibility index (Phi) is 2.22. The normalized spacial score (nSPS) is 10.8. The van der Waals surface area contributed by atoms with Crippen LogP contribution in [0.5, 0.6) is 0 Å². The molecule has 1 aromatic heterocycles. The molecule has 0 amide bonds. The highest BCUT2D eigenvalue weighted by atomic mass is 32.1. The SMILES string of the molecule is Cc1cc2cc(N)cc(B(O)O)c2s1. The van der Waals surface area contributed by atoms with Gasteiger partial charge in [0.05, 0.1) is 0 Å². The van der Waals surface area contributed by atoms with Gasteiger partial charge in [-0.3, -0.25) is 0 Å². The molecule has 0 fully saturated rings. The van der Waals surface area contributed by atoms with Crippen molar-refractivity contribution in [3.05, 3.63) is 23.1 Å². The lowest BCUT2D eigenvalue weighted by Gasteiger charge is -2.02. The van der Waals surface area contributed by atoms with Crippen molar-refractivity contribution in [3.8, 4) is 0 Å². The summed E-state index contributed by atoms with van der Waals surface area (Å²) in [6, 6.07) is 5.43. The Hall–Kier alpha value is -1.04. The Morgan fingerprint density at radius 1 is 1.29 bits per heavy atom. The minimum atomic E-state index is -1.46. The summed E-state index contributed by atoms with van der Waals surface area (Å²) >= 11 is 1.54. The molecular weight excluding hydrogens is 197 g/mol. The molecule has 14 heavy (non-hydrogen) atoms. The summed E-state index contributed by atoms with van der Waals surface area (Å²) in [5, 5.41) is 19.3. The van der Waals surface area contributed by atoms with Crippen LogP contribution in [-0.4, -0.2) is 17.2 Å². The van der Waals surface area contributed by atoms with Crippen LogP contribution in [0.1, 0.15) is 4.88 Å². The summed E-state index contributed by atoms with van der Waals surface area (Å²) in [4.78, 5) is 1.13. The zero-order chi connectivity index (χ0) is 10.3. The number of aryl methyl sites for hydroxylation is 1. The lowest BCUT2D eigenvalue weighted by Crippen LogP contribution is -2.30. The van der Waals surface area contributed by atoms with Crippen LogP contribution in [0.15, 0.2) is 18.2 Å². The van der Waals surface area contributed by atoms with Gasteiger partial charge in [-0.2, -0.15) is 0 Å². The first kappa shape index (κ1) is 9.52. The average molecular weight is 207 g/mol. The summed E-state index contributed by atoms with van der Waals surface area (Å²) < 4.78 is 0.895. The van der Waals surface area contributed by atoms with Crippen molar-refractivity contribution >= 4 is 39.7 Å². The molecule has 0 aliphatic carbocycles. The highest BCUT2D eigenvalue weighted by Crippen LogP contribution is 2.25. The summed E-state index contributed by atoms with van der Waals surface area (Å²) in [6.07, 6.45) is 0. The molecule has 0 bridgehead atoms. The molecule has 2 aromatic rings. The predicted octanol–water partition coefficient (Wildman–Crippen LogP) is 0.472. The van der Waals surface area contributed by atoms with Gasteiger partial charge in [0.25, 0.3) is 0 Å². The molecule has 0 unspecified atom stereocenters. The van der Waals surface area contributed by atoms with Crippen molar-refractivity contribution in [1.29, 1.82) is 0 Å².